The van der Waals surface area contributed by atoms with Gasteiger partial charge in [-0.2, -0.15) is 0 Å². The predicted molar refractivity (Wildman–Crippen MR) is 64.3 cm³/mol. The van der Waals surface area contributed by atoms with Crippen LogP contribution in [0.5, 0.6) is 0 Å². The van der Waals surface area contributed by atoms with Crippen LogP contribution in [0.25, 0.3) is 0 Å². The minimum absolute atomic E-state index is 0.316. The number of rotatable bonds is 2. The highest BCUT2D eigenvalue weighted by atomic mass is 35.5. The SMILES string of the molecule is Cc1cccc(Cl)c1N=C(N)NN(C)C. The van der Waals surface area contributed by atoms with Gasteiger partial charge in [-0.25, -0.2) is 10.0 Å². The van der Waals surface area contributed by atoms with E-state index in [2.05, 4.69) is 10.4 Å². The number of guanidine groups is 1. The fourth-order valence-corrected chi connectivity index (χ4v) is 1.40. The highest BCUT2D eigenvalue weighted by Crippen LogP contribution is 2.27. The van der Waals surface area contributed by atoms with E-state index in [0.717, 1.165) is 5.56 Å². The Morgan fingerprint density at radius 3 is 2.67 bits per heavy atom. The largest absolute Gasteiger partial charge is 0.369 e. The lowest BCUT2D eigenvalue weighted by molar-refractivity contribution is 0.360. The third kappa shape index (κ3) is 3.42. The Kier molecular flexibility index (Phi) is 3.94. The van der Waals surface area contributed by atoms with Crippen molar-refractivity contribution in [1.29, 1.82) is 0 Å². The topological polar surface area (TPSA) is 53.6 Å². The standard InChI is InChI=1S/C10H15ClN4/c1-7-5-4-6-8(11)9(7)13-10(12)14-15(2)3/h4-6H,1-3H3,(H3,12,13,14). The second-order valence-corrected chi connectivity index (χ2v) is 3.82. The zero-order valence-corrected chi connectivity index (χ0v) is 9.84. The summed E-state index contributed by atoms with van der Waals surface area (Å²) in [6, 6.07) is 5.61. The molecule has 0 aliphatic carbocycles. The van der Waals surface area contributed by atoms with E-state index >= 15 is 0 Å². The third-order valence-corrected chi connectivity index (χ3v) is 2.06. The number of benzene rings is 1. The molecular weight excluding hydrogens is 212 g/mol. The normalized spacial score (nSPS) is 11.9. The van der Waals surface area contributed by atoms with Gasteiger partial charge in [-0.3, -0.25) is 5.43 Å². The Morgan fingerprint density at radius 1 is 1.47 bits per heavy atom. The highest BCUT2D eigenvalue weighted by molar-refractivity contribution is 6.33. The Morgan fingerprint density at radius 2 is 2.13 bits per heavy atom. The first kappa shape index (κ1) is 11.8. The molecule has 4 nitrogen and oxygen atoms in total. The maximum atomic E-state index is 6.01. The number of hydrazine groups is 1. The average molecular weight is 227 g/mol. The number of nitrogens with one attached hydrogen (secondary N) is 1. The maximum absolute atomic E-state index is 6.01. The van der Waals surface area contributed by atoms with Gasteiger partial charge in [-0.1, -0.05) is 23.7 Å². The maximum Gasteiger partial charge on any atom is 0.208 e. The number of hydrogen-bond donors (Lipinski definition) is 2. The molecule has 1 aromatic rings. The molecule has 0 heterocycles. The number of aliphatic imine (C=N–C) groups is 1. The van der Waals surface area contributed by atoms with E-state index in [-0.39, 0.29) is 0 Å². The smallest absolute Gasteiger partial charge is 0.208 e. The van der Waals surface area contributed by atoms with E-state index in [1.54, 1.807) is 11.1 Å². The Bertz CT molecular complexity index is 353. The van der Waals surface area contributed by atoms with Gasteiger partial charge < -0.3 is 5.73 Å². The summed E-state index contributed by atoms with van der Waals surface area (Å²) < 4.78 is 0. The molecule has 0 amide bonds. The average Bonchev–Trinajstić information content (AvgIpc) is 2.10. The van der Waals surface area contributed by atoms with Crippen molar-refractivity contribution < 1.29 is 0 Å². The van der Waals surface area contributed by atoms with Crippen LogP contribution in [0.2, 0.25) is 5.02 Å². The summed E-state index contributed by atoms with van der Waals surface area (Å²) in [5.41, 5.74) is 10.2. The van der Waals surface area contributed by atoms with Crippen LogP contribution >= 0.6 is 11.6 Å². The number of hydrogen-bond acceptors (Lipinski definition) is 2. The second kappa shape index (κ2) is 5.00. The first-order valence-electron chi connectivity index (χ1n) is 4.54. The molecule has 82 valence electrons. The first-order valence-corrected chi connectivity index (χ1v) is 4.91. The van der Waals surface area contributed by atoms with Crippen molar-refractivity contribution in [3.05, 3.63) is 28.8 Å². The molecule has 0 aliphatic heterocycles. The van der Waals surface area contributed by atoms with Crippen LogP contribution in [0.4, 0.5) is 5.69 Å². The second-order valence-electron chi connectivity index (χ2n) is 3.41. The molecule has 0 atom stereocenters. The predicted octanol–water partition coefficient (Wildman–Crippen LogP) is 1.66. The number of para-hydroxylation sites is 1. The monoisotopic (exact) mass is 226 g/mol. The van der Waals surface area contributed by atoms with E-state index in [1.165, 1.54) is 0 Å². The molecule has 0 fully saturated rings. The van der Waals surface area contributed by atoms with Crippen LogP contribution in [0.15, 0.2) is 23.2 Å². The number of nitrogens with zero attached hydrogens (tertiary/aromatic N) is 2. The van der Waals surface area contributed by atoms with Gasteiger partial charge in [-0.05, 0) is 18.6 Å². The number of halogens is 1. The molecule has 0 radical (unpaired) electrons. The van der Waals surface area contributed by atoms with Gasteiger partial charge in [0.25, 0.3) is 0 Å². The van der Waals surface area contributed by atoms with Gasteiger partial charge in [0.2, 0.25) is 5.96 Å². The van der Waals surface area contributed by atoms with E-state index in [9.17, 15) is 0 Å². The zero-order chi connectivity index (χ0) is 11.4. The fraction of sp³-hybridized carbons (Fsp3) is 0.300. The Balaban J connectivity index is 2.97. The molecule has 0 saturated heterocycles. The van der Waals surface area contributed by atoms with Crippen LogP contribution in [0.3, 0.4) is 0 Å². The van der Waals surface area contributed by atoms with Gasteiger partial charge in [0, 0.05) is 14.1 Å². The minimum Gasteiger partial charge on any atom is -0.369 e. The first-order chi connectivity index (χ1) is 7.00. The number of aryl methyl sites for hydroxylation is 1. The van der Waals surface area contributed by atoms with Gasteiger partial charge in [0.1, 0.15) is 0 Å². The summed E-state index contributed by atoms with van der Waals surface area (Å²) in [6.45, 7) is 1.94. The Labute approximate surface area is 94.7 Å². The summed E-state index contributed by atoms with van der Waals surface area (Å²) in [4.78, 5) is 4.21. The van der Waals surface area contributed by atoms with Crippen LogP contribution in [0.1, 0.15) is 5.56 Å². The van der Waals surface area contributed by atoms with Gasteiger partial charge in [0.15, 0.2) is 0 Å². The van der Waals surface area contributed by atoms with Gasteiger partial charge in [-0.15, -0.1) is 0 Å². The van der Waals surface area contributed by atoms with Gasteiger partial charge >= 0.3 is 0 Å². The van der Waals surface area contributed by atoms with Crippen LogP contribution in [-0.4, -0.2) is 25.1 Å². The summed E-state index contributed by atoms with van der Waals surface area (Å²) in [7, 11) is 3.67. The van der Waals surface area contributed by atoms with Crippen LogP contribution in [-0.2, 0) is 0 Å². The quantitative estimate of drug-likeness (QED) is 0.458. The lowest BCUT2D eigenvalue weighted by Gasteiger charge is -2.12. The molecule has 0 spiro atoms. The lowest BCUT2D eigenvalue weighted by atomic mass is 10.2. The summed E-state index contributed by atoms with van der Waals surface area (Å²) in [5, 5.41) is 2.31. The molecule has 1 aromatic carbocycles. The molecule has 0 aromatic heterocycles. The van der Waals surface area contributed by atoms with Crippen molar-refractivity contribution in [2.24, 2.45) is 10.7 Å². The lowest BCUT2D eigenvalue weighted by Crippen LogP contribution is -2.41. The van der Waals surface area contributed by atoms with E-state index < -0.39 is 0 Å². The van der Waals surface area contributed by atoms with Crippen molar-refractivity contribution in [2.45, 2.75) is 6.92 Å². The van der Waals surface area contributed by atoms with Crippen molar-refractivity contribution in [3.63, 3.8) is 0 Å². The summed E-state index contributed by atoms with van der Waals surface area (Å²) in [6.07, 6.45) is 0. The van der Waals surface area contributed by atoms with Crippen molar-refractivity contribution in [1.82, 2.24) is 10.4 Å². The third-order valence-electron chi connectivity index (χ3n) is 1.76. The molecule has 15 heavy (non-hydrogen) atoms. The van der Waals surface area contributed by atoms with E-state index in [0.29, 0.717) is 16.7 Å². The van der Waals surface area contributed by atoms with E-state index in [1.807, 2.05) is 33.2 Å². The molecule has 0 unspecified atom stereocenters. The fourth-order valence-electron chi connectivity index (χ4n) is 1.14. The van der Waals surface area contributed by atoms with Gasteiger partial charge in [0.05, 0.1) is 10.7 Å². The van der Waals surface area contributed by atoms with Crippen molar-refractivity contribution in [3.8, 4) is 0 Å². The zero-order valence-electron chi connectivity index (χ0n) is 9.08. The van der Waals surface area contributed by atoms with Crippen molar-refractivity contribution in [2.75, 3.05) is 14.1 Å². The van der Waals surface area contributed by atoms with E-state index in [4.69, 9.17) is 17.3 Å². The van der Waals surface area contributed by atoms with Crippen LogP contribution in [0, 0.1) is 6.92 Å². The van der Waals surface area contributed by atoms with Crippen LogP contribution < -0.4 is 11.2 Å². The molecule has 0 saturated carbocycles. The molecule has 0 bridgehead atoms. The molecule has 3 N–H and O–H groups in total. The molecule has 1 rings (SSSR count). The molecule has 0 aliphatic rings. The summed E-state index contributed by atoms with van der Waals surface area (Å²) >= 11 is 6.01. The highest BCUT2D eigenvalue weighted by Gasteiger charge is 2.03. The number of nitrogens with two attached hydrogens (primary N) is 1. The minimum atomic E-state index is 0.316. The van der Waals surface area contributed by atoms with Crippen molar-refractivity contribution >= 4 is 23.2 Å². The summed E-state index contributed by atoms with van der Waals surface area (Å²) in [5.74, 6) is 0.316. The molecular formula is C10H15ClN4. The molecule has 5 heteroatoms. The Hall–Kier alpha value is -1.26.